The first-order valence-electron chi connectivity index (χ1n) is 6.90. The van der Waals surface area contributed by atoms with Crippen LogP contribution in [0.15, 0.2) is 36.8 Å². The third kappa shape index (κ3) is 4.23. The lowest BCUT2D eigenvalue weighted by Gasteiger charge is -2.12. The predicted octanol–water partition coefficient (Wildman–Crippen LogP) is 1.86. The smallest absolute Gasteiger partial charge is 0.319 e. The number of nitrogens with zero attached hydrogens (tertiary/aromatic N) is 2. The van der Waals surface area contributed by atoms with Crippen molar-refractivity contribution in [2.75, 3.05) is 26.1 Å². The van der Waals surface area contributed by atoms with E-state index in [0.29, 0.717) is 31.1 Å². The van der Waals surface area contributed by atoms with Gasteiger partial charge in [0.2, 0.25) is 0 Å². The predicted molar refractivity (Wildman–Crippen MR) is 83.0 cm³/mol. The average molecular weight is 304 g/mol. The molecule has 0 spiro atoms. The van der Waals surface area contributed by atoms with Crippen LogP contribution in [0.4, 0.5) is 10.5 Å². The first kappa shape index (κ1) is 15.8. The second-order valence-corrected chi connectivity index (χ2v) is 4.58. The summed E-state index contributed by atoms with van der Waals surface area (Å²) in [6.07, 6.45) is 3.44. The van der Waals surface area contributed by atoms with Gasteiger partial charge in [-0.15, -0.1) is 0 Å². The molecule has 2 amide bonds. The minimum Gasteiger partial charge on any atom is -0.495 e. The molecule has 0 bridgehead atoms. The number of benzene rings is 1. The van der Waals surface area contributed by atoms with Crippen LogP contribution in [0.5, 0.6) is 5.75 Å². The molecular formula is C15H20N4O3. The number of methoxy groups -OCH3 is 2. The van der Waals surface area contributed by atoms with Crippen LogP contribution in [0.25, 0.3) is 0 Å². The van der Waals surface area contributed by atoms with Crippen molar-refractivity contribution in [3.63, 3.8) is 0 Å². The summed E-state index contributed by atoms with van der Waals surface area (Å²) in [4.78, 5) is 16.0. The molecule has 7 heteroatoms. The van der Waals surface area contributed by atoms with Gasteiger partial charge in [-0.1, -0.05) is 12.1 Å². The summed E-state index contributed by atoms with van der Waals surface area (Å²) < 4.78 is 12.2. The van der Waals surface area contributed by atoms with Gasteiger partial charge in [-0.2, -0.15) is 0 Å². The topological polar surface area (TPSA) is 77.4 Å². The van der Waals surface area contributed by atoms with E-state index >= 15 is 0 Å². The Morgan fingerprint density at radius 2 is 2.14 bits per heavy atom. The van der Waals surface area contributed by atoms with E-state index < -0.39 is 0 Å². The van der Waals surface area contributed by atoms with Gasteiger partial charge in [0.05, 0.1) is 38.0 Å². The number of aromatic nitrogens is 2. The Bertz CT molecular complexity index is 612. The molecule has 0 aliphatic rings. The minimum absolute atomic E-state index is 0.302. The lowest BCUT2D eigenvalue weighted by molar-refractivity contribution is 0.186. The van der Waals surface area contributed by atoms with Gasteiger partial charge in [0.1, 0.15) is 5.75 Å². The van der Waals surface area contributed by atoms with Gasteiger partial charge in [0, 0.05) is 19.9 Å². The van der Waals surface area contributed by atoms with E-state index in [1.165, 1.54) is 0 Å². The van der Waals surface area contributed by atoms with Gasteiger partial charge in [0.15, 0.2) is 0 Å². The molecule has 0 aliphatic carbocycles. The monoisotopic (exact) mass is 304 g/mol. The molecule has 2 N–H and O–H groups in total. The van der Waals surface area contributed by atoms with Gasteiger partial charge in [-0.3, -0.25) is 0 Å². The molecule has 2 aromatic rings. The van der Waals surface area contributed by atoms with Crippen molar-refractivity contribution in [2.45, 2.75) is 13.1 Å². The summed E-state index contributed by atoms with van der Waals surface area (Å²) >= 11 is 0. The van der Waals surface area contributed by atoms with Crippen LogP contribution < -0.4 is 15.4 Å². The maximum Gasteiger partial charge on any atom is 0.319 e. The van der Waals surface area contributed by atoms with E-state index in [1.807, 2.05) is 16.7 Å². The van der Waals surface area contributed by atoms with Gasteiger partial charge < -0.3 is 24.7 Å². The molecule has 7 nitrogen and oxygen atoms in total. The van der Waals surface area contributed by atoms with E-state index in [1.54, 1.807) is 38.9 Å². The fourth-order valence-corrected chi connectivity index (χ4v) is 1.97. The molecule has 0 fully saturated rings. The second kappa shape index (κ2) is 8.04. The van der Waals surface area contributed by atoms with Crippen LogP contribution in [0.3, 0.4) is 0 Å². The Hall–Kier alpha value is -2.54. The van der Waals surface area contributed by atoms with Crippen molar-refractivity contribution in [3.05, 3.63) is 42.5 Å². The molecule has 0 saturated heterocycles. The third-order valence-corrected chi connectivity index (χ3v) is 3.12. The fraction of sp³-hybridized carbons (Fsp3) is 0.333. The minimum atomic E-state index is -0.302. The van der Waals surface area contributed by atoms with Crippen LogP contribution in [0.2, 0.25) is 0 Å². The number of ether oxygens (including phenoxy) is 2. The molecule has 2 rings (SSSR count). The first-order valence-corrected chi connectivity index (χ1v) is 6.90. The van der Waals surface area contributed by atoms with Crippen molar-refractivity contribution in [1.82, 2.24) is 14.9 Å². The summed E-state index contributed by atoms with van der Waals surface area (Å²) in [5.41, 5.74) is 1.53. The van der Waals surface area contributed by atoms with Gasteiger partial charge in [0.25, 0.3) is 0 Å². The van der Waals surface area contributed by atoms with Crippen molar-refractivity contribution >= 4 is 11.7 Å². The number of para-hydroxylation sites is 2. The van der Waals surface area contributed by atoms with E-state index in [2.05, 4.69) is 15.6 Å². The van der Waals surface area contributed by atoms with Gasteiger partial charge in [-0.05, 0) is 12.1 Å². The quantitative estimate of drug-likeness (QED) is 0.818. The fourth-order valence-electron chi connectivity index (χ4n) is 1.97. The maximum atomic E-state index is 12.0. The Labute approximate surface area is 129 Å². The number of hydrogen-bond acceptors (Lipinski definition) is 4. The van der Waals surface area contributed by atoms with E-state index in [0.717, 1.165) is 5.69 Å². The van der Waals surface area contributed by atoms with Gasteiger partial charge in [-0.25, -0.2) is 9.78 Å². The number of imidazole rings is 1. The molecular weight excluding hydrogens is 284 g/mol. The van der Waals surface area contributed by atoms with Crippen molar-refractivity contribution < 1.29 is 14.3 Å². The zero-order chi connectivity index (χ0) is 15.8. The number of carbonyl (C=O) groups excluding carboxylic acids is 1. The summed E-state index contributed by atoms with van der Waals surface area (Å²) in [6.45, 7) is 1.67. The molecule has 118 valence electrons. The van der Waals surface area contributed by atoms with Crippen LogP contribution in [-0.4, -0.2) is 36.4 Å². The van der Waals surface area contributed by atoms with Crippen molar-refractivity contribution in [1.29, 1.82) is 0 Å². The Morgan fingerprint density at radius 3 is 2.91 bits per heavy atom. The second-order valence-electron chi connectivity index (χ2n) is 4.58. The zero-order valence-electron chi connectivity index (χ0n) is 12.7. The normalized spacial score (nSPS) is 10.3. The van der Waals surface area contributed by atoms with E-state index in [4.69, 9.17) is 9.47 Å². The molecule has 0 radical (unpaired) electrons. The third-order valence-electron chi connectivity index (χ3n) is 3.12. The Kier molecular flexibility index (Phi) is 5.79. The molecule has 0 atom stereocenters. The number of hydrogen-bond donors (Lipinski definition) is 2. The first-order chi connectivity index (χ1) is 10.7. The summed E-state index contributed by atoms with van der Waals surface area (Å²) in [7, 11) is 3.21. The van der Waals surface area contributed by atoms with Crippen molar-refractivity contribution in [3.8, 4) is 5.75 Å². The Balaban J connectivity index is 1.89. The molecule has 22 heavy (non-hydrogen) atoms. The summed E-state index contributed by atoms with van der Waals surface area (Å²) in [5, 5.41) is 5.55. The maximum absolute atomic E-state index is 12.0. The van der Waals surface area contributed by atoms with Crippen LogP contribution >= 0.6 is 0 Å². The van der Waals surface area contributed by atoms with E-state index in [9.17, 15) is 4.79 Å². The number of carbonyl (C=O) groups is 1. The molecule has 1 aromatic heterocycles. The van der Waals surface area contributed by atoms with Crippen LogP contribution in [0, 0.1) is 0 Å². The molecule has 0 saturated carbocycles. The van der Waals surface area contributed by atoms with E-state index in [-0.39, 0.29) is 6.03 Å². The molecule has 1 heterocycles. The van der Waals surface area contributed by atoms with Crippen molar-refractivity contribution in [2.24, 2.45) is 0 Å². The number of rotatable bonds is 7. The molecule has 0 aliphatic heterocycles. The summed E-state index contributed by atoms with van der Waals surface area (Å²) in [5.74, 6) is 0.614. The molecule has 1 aromatic carbocycles. The SMILES string of the molecule is COCCn1cncc1CNC(=O)Nc1ccccc1OC. The zero-order valence-corrected chi connectivity index (χ0v) is 12.7. The van der Waals surface area contributed by atoms with Crippen LogP contribution in [-0.2, 0) is 17.8 Å². The van der Waals surface area contributed by atoms with Gasteiger partial charge >= 0.3 is 6.03 Å². The highest BCUT2D eigenvalue weighted by Gasteiger charge is 2.08. The van der Waals surface area contributed by atoms with Crippen LogP contribution in [0.1, 0.15) is 5.69 Å². The molecule has 0 unspecified atom stereocenters. The number of anilines is 1. The Morgan fingerprint density at radius 1 is 1.32 bits per heavy atom. The summed E-state index contributed by atoms with van der Waals surface area (Å²) in [6, 6.07) is 6.94. The average Bonchev–Trinajstić information content (AvgIpc) is 2.99. The standard InChI is InChI=1S/C15H20N4O3/c1-21-8-7-19-11-16-9-12(19)10-17-15(20)18-13-5-3-4-6-14(13)22-2/h3-6,9,11H,7-8,10H2,1-2H3,(H2,17,18,20). The highest BCUT2D eigenvalue weighted by molar-refractivity contribution is 5.90. The largest absolute Gasteiger partial charge is 0.495 e. The highest BCUT2D eigenvalue weighted by atomic mass is 16.5. The highest BCUT2D eigenvalue weighted by Crippen LogP contribution is 2.22. The number of urea groups is 1. The lowest BCUT2D eigenvalue weighted by atomic mass is 10.3. The number of amides is 2. The lowest BCUT2D eigenvalue weighted by Crippen LogP contribution is -2.29. The number of nitrogens with one attached hydrogen (secondary N) is 2.